The van der Waals surface area contributed by atoms with Crippen molar-refractivity contribution in [3.05, 3.63) is 46.8 Å². The van der Waals surface area contributed by atoms with Gasteiger partial charge in [0.1, 0.15) is 0 Å². The molecule has 0 aliphatic carbocycles. The Morgan fingerprint density at radius 2 is 2.14 bits per heavy atom. The van der Waals surface area contributed by atoms with E-state index in [1.165, 1.54) is 21.6 Å². The van der Waals surface area contributed by atoms with Gasteiger partial charge in [0.25, 0.3) is 0 Å². The summed E-state index contributed by atoms with van der Waals surface area (Å²) in [7, 11) is 0. The van der Waals surface area contributed by atoms with Crippen molar-refractivity contribution in [2.45, 2.75) is 12.8 Å². The summed E-state index contributed by atoms with van der Waals surface area (Å²) in [6, 6.07) is 10.6. The summed E-state index contributed by atoms with van der Waals surface area (Å²) in [5, 5.41) is 2.09. The summed E-state index contributed by atoms with van der Waals surface area (Å²) in [5.74, 6) is 0.577. The van der Waals surface area contributed by atoms with Crippen molar-refractivity contribution in [2.24, 2.45) is 0 Å². The van der Waals surface area contributed by atoms with Crippen molar-refractivity contribution in [2.75, 3.05) is 0 Å². The minimum atomic E-state index is 0.577. The largest absolute Gasteiger partial charge is 0.144 e. The lowest BCUT2D eigenvalue weighted by molar-refractivity contribution is 1.36. The van der Waals surface area contributed by atoms with Crippen LogP contribution in [-0.4, -0.2) is 0 Å². The lowest BCUT2D eigenvalue weighted by atomic mass is 10.0. The summed E-state index contributed by atoms with van der Waals surface area (Å²) >= 11 is 7.66. The van der Waals surface area contributed by atoms with E-state index in [0.29, 0.717) is 5.88 Å². The van der Waals surface area contributed by atoms with Gasteiger partial charge in [0.05, 0.1) is 0 Å². The zero-order valence-electron chi connectivity index (χ0n) is 7.96. The Kier molecular flexibility index (Phi) is 2.90. The second-order valence-corrected chi connectivity index (χ2v) is 4.49. The molecule has 0 aliphatic rings. The van der Waals surface area contributed by atoms with E-state index in [-0.39, 0.29) is 0 Å². The van der Waals surface area contributed by atoms with Gasteiger partial charge in [0.15, 0.2) is 0 Å². The van der Waals surface area contributed by atoms with E-state index in [0.717, 1.165) is 0 Å². The molecule has 72 valence electrons. The Morgan fingerprint density at radius 1 is 1.29 bits per heavy atom. The SMILES string of the molecule is Cc1ccc(CCl)c(-c2cccs2)c1. The van der Waals surface area contributed by atoms with Crippen LogP contribution in [0.1, 0.15) is 11.1 Å². The summed E-state index contributed by atoms with van der Waals surface area (Å²) in [6.07, 6.45) is 0. The van der Waals surface area contributed by atoms with E-state index in [1.54, 1.807) is 11.3 Å². The van der Waals surface area contributed by atoms with Crippen molar-refractivity contribution < 1.29 is 0 Å². The highest BCUT2D eigenvalue weighted by Gasteiger charge is 2.04. The molecule has 0 fully saturated rings. The molecule has 1 aromatic carbocycles. The standard InChI is InChI=1S/C12H11ClS/c1-9-4-5-10(8-13)11(7-9)12-3-2-6-14-12/h2-7H,8H2,1H3. The average molecular weight is 223 g/mol. The normalized spacial score (nSPS) is 10.4. The topological polar surface area (TPSA) is 0 Å². The van der Waals surface area contributed by atoms with Crippen LogP contribution in [0.5, 0.6) is 0 Å². The second-order valence-electron chi connectivity index (χ2n) is 3.27. The Hall–Kier alpha value is -0.790. The molecular formula is C12H11ClS. The van der Waals surface area contributed by atoms with Gasteiger partial charge in [-0.15, -0.1) is 22.9 Å². The predicted molar refractivity (Wildman–Crippen MR) is 64.0 cm³/mol. The lowest BCUT2D eigenvalue weighted by Gasteiger charge is -2.05. The quantitative estimate of drug-likeness (QED) is 0.658. The number of hydrogen-bond donors (Lipinski definition) is 0. The van der Waals surface area contributed by atoms with Crippen LogP contribution in [0.3, 0.4) is 0 Å². The maximum atomic E-state index is 5.91. The molecule has 2 aromatic rings. The Bertz CT molecular complexity index is 418. The van der Waals surface area contributed by atoms with E-state index in [4.69, 9.17) is 11.6 Å². The molecule has 1 heterocycles. The monoisotopic (exact) mass is 222 g/mol. The third-order valence-corrected chi connectivity index (χ3v) is 3.39. The Morgan fingerprint density at radius 3 is 2.79 bits per heavy atom. The molecule has 1 aromatic heterocycles. The fourth-order valence-electron chi connectivity index (χ4n) is 1.47. The molecule has 0 spiro atoms. The molecule has 0 nitrogen and oxygen atoms in total. The fraction of sp³-hybridized carbons (Fsp3) is 0.167. The van der Waals surface area contributed by atoms with Gasteiger partial charge in [-0.25, -0.2) is 0 Å². The van der Waals surface area contributed by atoms with E-state index in [9.17, 15) is 0 Å². The van der Waals surface area contributed by atoms with Crippen LogP contribution < -0.4 is 0 Å². The number of alkyl halides is 1. The summed E-state index contributed by atoms with van der Waals surface area (Å²) in [4.78, 5) is 1.30. The maximum Gasteiger partial charge on any atom is 0.0480 e. The first-order chi connectivity index (χ1) is 6.81. The first kappa shape index (κ1) is 9.75. The zero-order chi connectivity index (χ0) is 9.97. The minimum absolute atomic E-state index is 0.577. The van der Waals surface area contributed by atoms with Crippen molar-refractivity contribution >= 4 is 22.9 Å². The van der Waals surface area contributed by atoms with Crippen molar-refractivity contribution in [1.82, 2.24) is 0 Å². The van der Waals surface area contributed by atoms with Gasteiger partial charge in [-0.2, -0.15) is 0 Å². The van der Waals surface area contributed by atoms with Gasteiger partial charge in [-0.05, 0) is 29.5 Å². The van der Waals surface area contributed by atoms with Crippen LogP contribution in [0.2, 0.25) is 0 Å². The molecular weight excluding hydrogens is 212 g/mol. The third kappa shape index (κ3) is 1.84. The maximum absolute atomic E-state index is 5.91. The van der Waals surface area contributed by atoms with E-state index >= 15 is 0 Å². The Labute approximate surface area is 93.2 Å². The highest BCUT2D eigenvalue weighted by atomic mass is 35.5. The molecule has 0 aliphatic heterocycles. The first-order valence-corrected chi connectivity index (χ1v) is 5.92. The first-order valence-electron chi connectivity index (χ1n) is 4.50. The fourth-order valence-corrected chi connectivity index (χ4v) is 2.48. The van der Waals surface area contributed by atoms with E-state index in [1.807, 2.05) is 0 Å². The molecule has 0 N–H and O–H groups in total. The Balaban J connectivity index is 2.55. The van der Waals surface area contributed by atoms with E-state index < -0.39 is 0 Å². The molecule has 0 amide bonds. The van der Waals surface area contributed by atoms with Gasteiger partial charge < -0.3 is 0 Å². The molecule has 2 rings (SSSR count). The molecule has 0 bridgehead atoms. The van der Waals surface area contributed by atoms with Crippen LogP contribution in [0.4, 0.5) is 0 Å². The molecule has 0 saturated heterocycles. The van der Waals surface area contributed by atoms with Gasteiger partial charge in [-0.1, -0.05) is 29.8 Å². The van der Waals surface area contributed by atoms with Crippen molar-refractivity contribution in [1.29, 1.82) is 0 Å². The summed E-state index contributed by atoms with van der Waals surface area (Å²) < 4.78 is 0. The lowest BCUT2D eigenvalue weighted by Crippen LogP contribution is -1.85. The zero-order valence-corrected chi connectivity index (χ0v) is 9.53. The summed E-state index contributed by atoms with van der Waals surface area (Å²) in [6.45, 7) is 2.11. The third-order valence-electron chi connectivity index (χ3n) is 2.20. The summed E-state index contributed by atoms with van der Waals surface area (Å²) in [5.41, 5.74) is 3.76. The number of benzene rings is 1. The molecule has 14 heavy (non-hydrogen) atoms. The molecule has 0 saturated carbocycles. The number of rotatable bonds is 2. The number of aryl methyl sites for hydroxylation is 1. The second kappa shape index (κ2) is 4.16. The van der Waals surface area contributed by atoms with Crippen LogP contribution in [0.25, 0.3) is 10.4 Å². The van der Waals surface area contributed by atoms with Crippen LogP contribution in [0.15, 0.2) is 35.7 Å². The predicted octanol–water partition coefficient (Wildman–Crippen LogP) is 4.46. The van der Waals surface area contributed by atoms with Crippen LogP contribution in [0, 0.1) is 6.92 Å². The van der Waals surface area contributed by atoms with Gasteiger partial charge >= 0.3 is 0 Å². The molecule has 2 heteroatoms. The smallest absolute Gasteiger partial charge is 0.0480 e. The molecule has 0 unspecified atom stereocenters. The van der Waals surface area contributed by atoms with Gasteiger partial charge in [0, 0.05) is 10.8 Å². The average Bonchev–Trinajstić information content (AvgIpc) is 2.70. The number of thiophene rings is 1. The highest BCUT2D eigenvalue weighted by molar-refractivity contribution is 7.13. The highest BCUT2D eigenvalue weighted by Crippen LogP contribution is 2.29. The molecule has 0 atom stereocenters. The number of hydrogen-bond acceptors (Lipinski definition) is 1. The van der Waals surface area contributed by atoms with Crippen molar-refractivity contribution in [3.63, 3.8) is 0 Å². The van der Waals surface area contributed by atoms with Gasteiger partial charge in [-0.3, -0.25) is 0 Å². The molecule has 0 radical (unpaired) electrons. The van der Waals surface area contributed by atoms with Crippen LogP contribution >= 0.6 is 22.9 Å². The van der Waals surface area contributed by atoms with E-state index in [2.05, 4.69) is 42.6 Å². The van der Waals surface area contributed by atoms with Crippen LogP contribution in [-0.2, 0) is 5.88 Å². The minimum Gasteiger partial charge on any atom is -0.144 e. The number of halogens is 1. The van der Waals surface area contributed by atoms with Crippen molar-refractivity contribution in [3.8, 4) is 10.4 Å². The van der Waals surface area contributed by atoms with Gasteiger partial charge in [0.2, 0.25) is 0 Å².